The fourth-order valence-electron chi connectivity index (χ4n) is 1.86. The van der Waals surface area contributed by atoms with Crippen LogP contribution in [-0.2, 0) is 6.18 Å². The molecule has 1 aromatic rings. The normalized spacial score (nSPS) is 20.0. The Labute approximate surface area is 95.1 Å². The summed E-state index contributed by atoms with van der Waals surface area (Å²) in [6.45, 7) is 0.248. The maximum absolute atomic E-state index is 13.0. The second-order valence-electron chi connectivity index (χ2n) is 3.84. The first-order valence-corrected chi connectivity index (χ1v) is 4.96. The van der Waals surface area contributed by atoms with Crippen LogP contribution in [0.3, 0.4) is 0 Å². The van der Waals surface area contributed by atoms with Crippen LogP contribution in [0.2, 0.25) is 0 Å². The van der Waals surface area contributed by atoms with Gasteiger partial charge in [0.05, 0.1) is 11.4 Å². The quantitative estimate of drug-likeness (QED) is 0.746. The largest absolute Gasteiger partial charge is 0.416 e. The highest BCUT2D eigenvalue weighted by Gasteiger charge is 2.35. The average molecular weight is 246 g/mol. The summed E-state index contributed by atoms with van der Waals surface area (Å²) in [5.74, 6) is -0.929. The van der Waals surface area contributed by atoms with Gasteiger partial charge in [-0.05, 0) is 29.8 Å². The monoisotopic (exact) mass is 246 g/mol. The first kappa shape index (κ1) is 11.8. The summed E-state index contributed by atoms with van der Waals surface area (Å²) in [5.41, 5.74) is 4.52. The molecule has 0 amide bonds. The number of hydrogen-bond acceptors (Lipinski definition) is 2. The van der Waals surface area contributed by atoms with Crippen molar-refractivity contribution in [2.45, 2.75) is 12.1 Å². The standard InChI is InChI=1S/C11H10F4N2/c12-7-1-2-9(11(13,14)15)8(4-7)6-3-10(16)17-5-6/h1-4,6,17H,5,16H2/t6-/m1/s1. The predicted octanol–water partition coefficient (Wildman–Crippen LogP) is 2.33. The van der Waals surface area contributed by atoms with E-state index in [1.165, 1.54) is 6.08 Å². The number of halogens is 4. The van der Waals surface area contributed by atoms with E-state index in [0.29, 0.717) is 5.82 Å². The molecule has 17 heavy (non-hydrogen) atoms. The van der Waals surface area contributed by atoms with Gasteiger partial charge in [0.15, 0.2) is 0 Å². The molecule has 0 saturated heterocycles. The van der Waals surface area contributed by atoms with Gasteiger partial charge in [-0.3, -0.25) is 0 Å². The molecular formula is C11H10F4N2. The second kappa shape index (κ2) is 3.94. The fraction of sp³-hybridized carbons (Fsp3) is 0.273. The minimum Gasteiger partial charge on any atom is -0.386 e. The van der Waals surface area contributed by atoms with Crippen molar-refractivity contribution in [3.05, 3.63) is 47.0 Å². The third-order valence-electron chi connectivity index (χ3n) is 2.63. The molecular weight excluding hydrogens is 236 g/mol. The fourth-order valence-corrected chi connectivity index (χ4v) is 1.86. The maximum Gasteiger partial charge on any atom is 0.416 e. The Bertz CT molecular complexity index is 465. The van der Waals surface area contributed by atoms with Crippen molar-refractivity contribution in [2.24, 2.45) is 5.73 Å². The first-order chi connectivity index (χ1) is 7.88. The van der Waals surface area contributed by atoms with Crippen LogP contribution in [0.4, 0.5) is 17.6 Å². The van der Waals surface area contributed by atoms with Crippen molar-refractivity contribution < 1.29 is 17.6 Å². The van der Waals surface area contributed by atoms with Crippen LogP contribution >= 0.6 is 0 Å². The minimum atomic E-state index is -4.49. The van der Waals surface area contributed by atoms with E-state index in [-0.39, 0.29) is 12.1 Å². The van der Waals surface area contributed by atoms with E-state index in [2.05, 4.69) is 5.32 Å². The van der Waals surface area contributed by atoms with Crippen molar-refractivity contribution in [1.82, 2.24) is 5.32 Å². The molecule has 92 valence electrons. The summed E-state index contributed by atoms with van der Waals surface area (Å²) < 4.78 is 51.3. The number of benzene rings is 1. The molecule has 1 heterocycles. The molecule has 2 rings (SSSR count). The van der Waals surface area contributed by atoms with E-state index in [1.54, 1.807) is 0 Å². The molecule has 6 heteroatoms. The Balaban J connectivity index is 2.48. The Kier molecular flexibility index (Phi) is 2.73. The maximum atomic E-state index is 13.0. The summed E-state index contributed by atoms with van der Waals surface area (Å²) in [6, 6.07) is 2.47. The highest BCUT2D eigenvalue weighted by atomic mass is 19.4. The van der Waals surface area contributed by atoms with E-state index < -0.39 is 23.5 Å². The molecule has 1 aliphatic heterocycles. The third kappa shape index (κ3) is 2.35. The van der Waals surface area contributed by atoms with Gasteiger partial charge < -0.3 is 11.1 Å². The summed E-state index contributed by atoms with van der Waals surface area (Å²) in [4.78, 5) is 0. The number of alkyl halides is 3. The molecule has 0 aromatic heterocycles. The van der Waals surface area contributed by atoms with Crippen LogP contribution in [0, 0.1) is 5.82 Å². The molecule has 2 nitrogen and oxygen atoms in total. The summed E-state index contributed by atoms with van der Waals surface area (Å²) in [7, 11) is 0. The van der Waals surface area contributed by atoms with Gasteiger partial charge in [-0.1, -0.05) is 0 Å². The highest BCUT2D eigenvalue weighted by Crippen LogP contribution is 2.36. The lowest BCUT2D eigenvalue weighted by atomic mass is 9.94. The van der Waals surface area contributed by atoms with Gasteiger partial charge in [0.1, 0.15) is 5.82 Å². The second-order valence-corrected chi connectivity index (χ2v) is 3.84. The number of nitrogens with two attached hydrogens (primary N) is 1. The lowest BCUT2D eigenvalue weighted by Gasteiger charge is -2.16. The number of hydrogen-bond donors (Lipinski definition) is 2. The molecule has 1 aliphatic rings. The summed E-state index contributed by atoms with van der Waals surface area (Å²) in [6.07, 6.45) is -3.03. The Morgan fingerprint density at radius 3 is 2.53 bits per heavy atom. The lowest BCUT2D eigenvalue weighted by molar-refractivity contribution is -0.138. The molecule has 0 bridgehead atoms. The molecule has 0 unspecified atom stereocenters. The summed E-state index contributed by atoms with van der Waals surface area (Å²) in [5, 5.41) is 2.72. The van der Waals surface area contributed by atoms with Gasteiger partial charge in [-0.2, -0.15) is 13.2 Å². The van der Waals surface area contributed by atoms with Crippen LogP contribution in [-0.4, -0.2) is 6.54 Å². The van der Waals surface area contributed by atoms with Crippen LogP contribution in [0.25, 0.3) is 0 Å². The predicted molar refractivity (Wildman–Crippen MR) is 54.4 cm³/mol. The van der Waals surface area contributed by atoms with Gasteiger partial charge in [0.2, 0.25) is 0 Å². The topological polar surface area (TPSA) is 38.0 Å². The highest BCUT2D eigenvalue weighted by molar-refractivity contribution is 5.38. The van der Waals surface area contributed by atoms with E-state index in [4.69, 9.17) is 5.73 Å². The van der Waals surface area contributed by atoms with Crippen molar-refractivity contribution in [1.29, 1.82) is 0 Å². The lowest BCUT2D eigenvalue weighted by Crippen LogP contribution is -2.18. The number of rotatable bonds is 1. The van der Waals surface area contributed by atoms with Crippen LogP contribution < -0.4 is 11.1 Å². The van der Waals surface area contributed by atoms with E-state index >= 15 is 0 Å². The minimum absolute atomic E-state index is 0.0922. The third-order valence-corrected chi connectivity index (χ3v) is 2.63. The molecule has 0 spiro atoms. The van der Waals surface area contributed by atoms with Crippen molar-refractivity contribution >= 4 is 0 Å². The van der Waals surface area contributed by atoms with Gasteiger partial charge in [-0.25, -0.2) is 4.39 Å². The molecule has 0 fully saturated rings. The SMILES string of the molecule is NC1=C[C@@H](c2cc(F)ccc2C(F)(F)F)CN1. The van der Waals surface area contributed by atoms with Gasteiger partial charge in [0, 0.05) is 12.5 Å². The van der Waals surface area contributed by atoms with Crippen LogP contribution in [0.1, 0.15) is 17.0 Å². The Hall–Kier alpha value is -1.72. The van der Waals surface area contributed by atoms with Gasteiger partial charge in [-0.15, -0.1) is 0 Å². The van der Waals surface area contributed by atoms with Crippen LogP contribution in [0.15, 0.2) is 30.1 Å². The van der Waals surface area contributed by atoms with Crippen molar-refractivity contribution in [2.75, 3.05) is 6.54 Å². The smallest absolute Gasteiger partial charge is 0.386 e. The van der Waals surface area contributed by atoms with E-state index in [0.717, 1.165) is 18.2 Å². The number of nitrogens with one attached hydrogen (secondary N) is 1. The zero-order chi connectivity index (χ0) is 12.6. The average Bonchev–Trinajstić information content (AvgIpc) is 2.62. The zero-order valence-corrected chi connectivity index (χ0v) is 8.68. The van der Waals surface area contributed by atoms with Crippen molar-refractivity contribution in [3.63, 3.8) is 0 Å². The van der Waals surface area contributed by atoms with Crippen LogP contribution in [0.5, 0.6) is 0 Å². The molecule has 1 aromatic carbocycles. The van der Waals surface area contributed by atoms with E-state index in [1.807, 2.05) is 0 Å². The molecule has 3 N–H and O–H groups in total. The molecule has 0 aliphatic carbocycles. The van der Waals surface area contributed by atoms with Crippen molar-refractivity contribution in [3.8, 4) is 0 Å². The zero-order valence-electron chi connectivity index (χ0n) is 8.68. The molecule has 0 radical (unpaired) electrons. The molecule has 1 atom stereocenters. The summed E-state index contributed by atoms with van der Waals surface area (Å²) >= 11 is 0. The van der Waals surface area contributed by atoms with Gasteiger partial charge >= 0.3 is 6.18 Å². The first-order valence-electron chi connectivity index (χ1n) is 4.96. The van der Waals surface area contributed by atoms with E-state index in [9.17, 15) is 17.6 Å². The Morgan fingerprint density at radius 2 is 2.00 bits per heavy atom. The van der Waals surface area contributed by atoms with Gasteiger partial charge in [0.25, 0.3) is 0 Å². The Morgan fingerprint density at radius 1 is 1.29 bits per heavy atom. The molecule has 0 saturated carbocycles.